The summed E-state index contributed by atoms with van der Waals surface area (Å²) < 4.78 is 5.91. The molecule has 0 aromatic heterocycles. The summed E-state index contributed by atoms with van der Waals surface area (Å²) >= 11 is 12.1. The number of rotatable bonds is 10. The van der Waals surface area contributed by atoms with E-state index in [9.17, 15) is 19.5 Å². The number of carboxylic acid groups (broad SMARTS) is 1. The van der Waals surface area contributed by atoms with Crippen LogP contribution in [0.1, 0.15) is 28.8 Å². The van der Waals surface area contributed by atoms with E-state index < -0.39 is 17.9 Å². The third-order valence-corrected chi connectivity index (χ3v) is 6.38. The van der Waals surface area contributed by atoms with Crippen molar-refractivity contribution in [1.82, 2.24) is 15.1 Å². The van der Waals surface area contributed by atoms with Crippen molar-refractivity contribution < 1.29 is 24.2 Å². The monoisotopic (exact) mass is 521 g/mol. The predicted octanol–water partition coefficient (Wildman–Crippen LogP) is 3.35. The highest BCUT2D eigenvalue weighted by atomic mass is 35.5. The van der Waals surface area contributed by atoms with Crippen LogP contribution in [0, 0.1) is 0 Å². The van der Waals surface area contributed by atoms with Crippen LogP contribution in [0.15, 0.2) is 42.5 Å². The number of ether oxygens (including phenoxy) is 1. The van der Waals surface area contributed by atoms with Crippen LogP contribution in [0.2, 0.25) is 10.0 Å². The number of carbonyl (C=O) groups is 3. The fourth-order valence-corrected chi connectivity index (χ4v) is 4.56. The molecule has 0 bridgehead atoms. The number of hydrogen-bond acceptors (Lipinski definition) is 5. The number of likely N-dealkylation sites (N-methyl/N-ethyl adjacent to an activating group) is 1. The van der Waals surface area contributed by atoms with Crippen molar-refractivity contribution in [3.63, 3.8) is 0 Å². The minimum atomic E-state index is -1.18. The molecule has 2 atom stereocenters. The Morgan fingerprint density at radius 3 is 2.40 bits per heavy atom. The topological polar surface area (TPSA) is 99.2 Å². The molecule has 2 aromatic rings. The van der Waals surface area contributed by atoms with Gasteiger partial charge in [-0.05, 0) is 56.8 Å². The summed E-state index contributed by atoms with van der Waals surface area (Å²) in [6.45, 7) is 1.50. The Kier molecular flexibility index (Phi) is 9.37. The van der Waals surface area contributed by atoms with Gasteiger partial charge in [-0.15, -0.1) is 0 Å². The average Bonchev–Trinajstić information content (AvgIpc) is 3.26. The predicted molar refractivity (Wildman–Crippen MR) is 134 cm³/mol. The molecule has 0 aliphatic carbocycles. The maximum absolute atomic E-state index is 12.6. The number of carbonyl (C=O) groups excluding carboxylic acids is 2. The molecule has 2 amide bonds. The van der Waals surface area contributed by atoms with E-state index >= 15 is 0 Å². The second-order valence-corrected chi connectivity index (χ2v) is 9.56. The van der Waals surface area contributed by atoms with Crippen LogP contribution in [0.3, 0.4) is 0 Å². The third-order valence-electron chi connectivity index (χ3n) is 5.75. The van der Waals surface area contributed by atoms with Gasteiger partial charge in [0.1, 0.15) is 18.4 Å². The lowest BCUT2D eigenvalue weighted by atomic mass is 10.1. The Bertz CT molecular complexity index is 1040. The lowest BCUT2D eigenvalue weighted by molar-refractivity contribution is -0.139. The standard InChI is InChI=1S/C25H29Cl2N3O5/c1-29(2)14-22(31)30-12-4-5-17(30)15-35-18-10-8-16(9-11-18)13-21(25(33)34)28-24(32)23-19(26)6-3-7-20(23)27/h3,6-11,17,21H,4-5,12-15H2,1-2H3,(H,28,32)(H,33,34)/t17-,21-/m0/s1. The van der Waals surface area contributed by atoms with E-state index in [4.69, 9.17) is 27.9 Å². The van der Waals surface area contributed by atoms with Crippen molar-refractivity contribution >= 4 is 41.0 Å². The van der Waals surface area contributed by atoms with Crippen molar-refractivity contribution in [1.29, 1.82) is 0 Å². The number of halogens is 2. The zero-order chi connectivity index (χ0) is 25.5. The minimum absolute atomic E-state index is 0.0327. The molecule has 2 N–H and O–H groups in total. The normalized spacial score (nSPS) is 16.3. The molecule has 1 heterocycles. The smallest absolute Gasteiger partial charge is 0.326 e. The first-order valence-electron chi connectivity index (χ1n) is 11.3. The van der Waals surface area contributed by atoms with E-state index in [1.165, 1.54) is 12.1 Å². The molecular formula is C25H29Cl2N3O5. The molecule has 2 aromatic carbocycles. The summed E-state index contributed by atoms with van der Waals surface area (Å²) in [6.07, 6.45) is 1.92. The fraction of sp³-hybridized carbons (Fsp3) is 0.400. The van der Waals surface area contributed by atoms with Crippen LogP contribution < -0.4 is 10.1 Å². The van der Waals surface area contributed by atoms with E-state index in [-0.39, 0.29) is 34.0 Å². The summed E-state index contributed by atoms with van der Waals surface area (Å²) in [6, 6.07) is 10.5. The largest absolute Gasteiger partial charge is 0.491 e. The van der Waals surface area contributed by atoms with Crippen molar-refractivity contribution in [3.05, 3.63) is 63.6 Å². The van der Waals surface area contributed by atoms with Gasteiger partial charge in [-0.25, -0.2) is 4.79 Å². The van der Waals surface area contributed by atoms with Crippen molar-refractivity contribution in [2.45, 2.75) is 31.3 Å². The van der Waals surface area contributed by atoms with Gasteiger partial charge in [-0.2, -0.15) is 0 Å². The molecule has 8 nitrogen and oxygen atoms in total. The van der Waals surface area contributed by atoms with Gasteiger partial charge in [0.25, 0.3) is 5.91 Å². The Morgan fingerprint density at radius 1 is 1.14 bits per heavy atom. The number of nitrogens with zero attached hydrogens (tertiary/aromatic N) is 2. The van der Waals surface area contributed by atoms with Gasteiger partial charge in [0.2, 0.25) is 5.91 Å². The molecule has 0 unspecified atom stereocenters. The molecule has 35 heavy (non-hydrogen) atoms. The van der Waals surface area contributed by atoms with E-state index in [2.05, 4.69) is 5.32 Å². The Balaban J connectivity index is 1.58. The molecule has 1 fully saturated rings. The van der Waals surface area contributed by atoms with Crippen LogP contribution in [0.25, 0.3) is 0 Å². The Labute approximate surface area is 214 Å². The third kappa shape index (κ3) is 7.34. The summed E-state index contributed by atoms with van der Waals surface area (Å²) in [5.74, 6) is -1.11. The highest BCUT2D eigenvalue weighted by molar-refractivity contribution is 6.39. The minimum Gasteiger partial charge on any atom is -0.491 e. The van der Waals surface area contributed by atoms with Crippen molar-refractivity contribution in [2.75, 3.05) is 33.8 Å². The van der Waals surface area contributed by atoms with Gasteiger partial charge in [-0.1, -0.05) is 41.4 Å². The zero-order valence-corrected chi connectivity index (χ0v) is 21.2. The number of nitrogens with one attached hydrogen (secondary N) is 1. The van der Waals surface area contributed by atoms with E-state index in [0.717, 1.165) is 19.4 Å². The first kappa shape index (κ1) is 26.8. The zero-order valence-electron chi connectivity index (χ0n) is 19.7. The van der Waals surface area contributed by atoms with Crippen LogP contribution in [0.5, 0.6) is 5.75 Å². The molecule has 1 aliphatic heterocycles. The fourth-order valence-electron chi connectivity index (χ4n) is 3.99. The molecule has 0 saturated carbocycles. The van der Waals surface area contributed by atoms with Crippen LogP contribution in [-0.4, -0.2) is 78.6 Å². The van der Waals surface area contributed by atoms with Gasteiger partial charge in [0.05, 0.1) is 28.2 Å². The van der Waals surface area contributed by atoms with Gasteiger partial charge >= 0.3 is 5.97 Å². The molecular weight excluding hydrogens is 493 g/mol. The molecule has 0 spiro atoms. The highest BCUT2D eigenvalue weighted by Crippen LogP contribution is 2.24. The summed E-state index contributed by atoms with van der Waals surface area (Å²) in [4.78, 5) is 40.5. The summed E-state index contributed by atoms with van der Waals surface area (Å²) in [5.41, 5.74) is 0.745. The molecule has 0 radical (unpaired) electrons. The average molecular weight is 522 g/mol. The lowest BCUT2D eigenvalue weighted by Crippen LogP contribution is -2.43. The SMILES string of the molecule is CN(C)CC(=O)N1CCC[C@H]1COc1ccc(C[C@H](NC(=O)c2c(Cl)cccc2Cl)C(=O)O)cc1. The maximum atomic E-state index is 12.6. The van der Waals surface area contributed by atoms with Gasteiger partial charge in [-0.3, -0.25) is 9.59 Å². The van der Waals surface area contributed by atoms with Gasteiger partial charge in [0, 0.05) is 13.0 Å². The second-order valence-electron chi connectivity index (χ2n) is 8.74. The number of carboxylic acids is 1. The van der Waals surface area contributed by atoms with E-state index in [1.807, 2.05) is 23.9 Å². The van der Waals surface area contributed by atoms with E-state index in [1.54, 1.807) is 30.3 Å². The summed E-state index contributed by atoms with van der Waals surface area (Å²) in [7, 11) is 3.74. The highest BCUT2D eigenvalue weighted by Gasteiger charge is 2.29. The number of amides is 2. The van der Waals surface area contributed by atoms with Crippen LogP contribution in [-0.2, 0) is 16.0 Å². The molecule has 1 saturated heterocycles. The lowest BCUT2D eigenvalue weighted by Gasteiger charge is -2.26. The summed E-state index contributed by atoms with van der Waals surface area (Å²) in [5, 5.41) is 12.4. The molecule has 1 aliphatic rings. The maximum Gasteiger partial charge on any atom is 0.326 e. The number of hydrogen-bond donors (Lipinski definition) is 2. The van der Waals surface area contributed by atoms with E-state index in [0.29, 0.717) is 24.5 Å². The Hall–Kier alpha value is -2.81. The van der Waals surface area contributed by atoms with Gasteiger partial charge < -0.3 is 25.0 Å². The molecule has 10 heteroatoms. The van der Waals surface area contributed by atoms with Crippen LogP contribution in [0.4, 0.5) is 0 Å². The van der Waals surface area contributed by atoms with Crippen molar-refractivity contribution in [2.24, 2.45) is 0 Å². The molecule has 188 valence electrons. The number of aliphatic carboxylic acids is 1. The first-order chi connectivity index (χ1) is 16.7. The number of benzene rings is 2. The first-order valence-corrected chi connectivity index (χ1v) is 12.0. The Morgan fingerprint density at radius 2 is 1.80 bits per heavy atom. The van der Waals surface area contributed by atoms with Crippen LogP contribution >= 0.6 is 23.2 Å². The molecule has 3 rings (SSSR count). The quantitative estimate of drug-likeness (QED) is 0.497. The second kappa shape index (κ2) is 12.2. The number of likely N-dealkylation sites (tertiary alicyclic amines) is 1. The van der Waals surface area contributed by atoms with Crippen molar-refractivity contribution in [3.8, 4) is 5.75 Å². The van der Waals surface area contributed by atoms with Gasteiger partial charge in [0.15, 0.2) is 0 Å².